The van der Waals surface area contributed by atoms with Gasteiger partial charge in [0.1, 0.15) is 11.2 Å². The summed E-state index contributed by atoms with van der Waals surface area (Å²) in [5.41, 5.74) is 17.0. The van der Waals surface area contributed by atoms with E-state index in [4.69, 9.17) is 4.42 Å². The molecule has 0 unspecified atom stereocenters. The number of fused-ring (bicyclic) bond motifs is 9. The lowest BCUT2D eigenvalue weighted by Gasteiger charge is -2.22. The highest BCUT2D eigenvalue weighted by atomic mass is 16.3. The van der Waals surface area contributed by atoms with Crippen LogP contribution in [0.5, 0.6) is 0 Å². The van der Waals surface area contributed by atoms with Gasteiger partial charge in [-0.2, -0.15) is 0 Å². The van der Waals surface area contributed by atoms with Crippen LogP contribution >= 0.6 is 0 Å². The highest BCUT2D eigenvalue weighted by Gasteiger charge is 2.37. The van der Waals surface area contributed by atoms with Crippen LogP contribution in [-0.4, -0.2) is 0 Å². The van der Waals surface area contributed by atoms with Gasteiger partial charge in [0.2, 0.25) is 0 Å². The molecule has 1 aromatic heterocycles. The van der Waals surface area contributed by atoms with Crippen LogP contribution in [0.3, 0.4) is 0 Å². The Morgan fingerprint density at radius 1 is 0.328 bits per heavy atom. The van der Waals surface area contributed by atoms with Gasteiger partial charge in [0.25, 0.3) is 0 Å². The molecule has 0 amide bonds. The summed E-state index contributed by atoms with van der Waals surface area (Å²) in [6.45, 7) is 4.74. The number of furan rings is 1. The van der Waals surface area contributed by atoms with Crippen molar-refractivity contribution < 1.29 is 4.42 Å². The summed E-state index contributed by atoms with van der Waals surface area (Å²) in [6, 6.07) is 71.4. The minimum Gasteiger partial charge on any atom is -0.455 e. The lowest BCUT2D eigenvalue weighted by molar-refractivity contribution is 0.661. The summed E-state index contributed by atoms with van der Waals surface area (Å²) in [7, 11) is 0. The SMILES string of the molecule is CC1(C)c2cc3ccccc3cc2-c2c(-c3ccc(-c4c5ccccc5c(-c5cccc(-c6cccc7c6oc6ccccc67)c5)c5ccccc45)cc3)cccc21. The first-order chi connectivity index (χ1) is 28.5. The summed E-state index contributed by atoms with van der Waals surface area (Å²) in [5.74, 6) is 0. The largest absolute Gasteiger partial charge is 0.455 e. The fourth-order valence-electron chi connectivity index (χ4n) is 10.1. The third kappa shape index (κ3) is 4.77. The summed E-state index contributed by atoms with van der Waals surface area (Å²) in [5, 5.41) is 9.85. The monoisotopic (exact) mass is 738 g/mol. The van der Waals surface area contributed by atoms with E-state index in [0.717, 1.165) is 33.1 Å². The first kappa shape index (κ1) is 33.0. The molecule has 10 aromatic carbocycles. The van der Waals surface area contributed by atoms with E-state index >= 15 is 0 Å². The van der Waals surface area contributed by atoms with E-state index < -0.39 is 0 Å². The first-order valence-electron chi connectivity index (χ1n) is 20.3. The highest BCUT2D eigenvalue weighted by molar-refractivity contribution is 6.21. The molecule has 1 aliphatic rings. The van der Waals surface area contributed by atoms with Gasteiger partial charge >= 0.3 is 0 Å². The fourth-order valence-corrected chi connectivity index (χ4v) is 10.1. The molecule has 58 heavy (non-hydrogen) atoms. The lowest BCUT2D eigenvalue weighted by Crippen LogP contribution is -2.14. The molecular formula is C57H38O. The van der Waals surface area contributed by atoms with Crippen LogP contribution in [0.15, 0.2) is 199 Å². The Bertz CT molecular complexity index is 3410. The van der Waals surface area contributed by atoms with E-state index in [2.05, 4.69) is 202 Å². The van der Waals surface area contributed by atoms with Crippen molar-refractivity contribution in [2.24, 2.45) is 0 Å². The van der Waals surface area contributed by atoms with Crippen LogP contribution in [0.25, 0.3) is 110 Å². The van der Waals surface area contributed by atoms with Crippen molar-refractivity contribution in [3.8, 4) is 55.6 Å². The van der Waals surface area contributed by atoms with E-state index in [9.17, 15) is 0 Å². The van der Waals surface area contributed by atoms with Crippen molar-refractivity contribution in [1.29, 1.82) is 0 Å². The second-order valence-electron chi connectivity index (χ2n) is 16.4. The predicted molar refractivity (Wildman–Crippen MR) is 246 cm³/mol. The molecule has 0 fully saturated rings. The topological polar surface area (TPSA) is 13.1 Å². The molecule has 0 atom stereocenters. The molecule has 11 aromatic rings. The standard InChI is InChI=1S/C57H38O/c1-57(2)50-26-13-23-41(55(50)49-33-37-14-3-4-15-38(37)34-51(49)57)35-28-30-36(31-29-35)53-44-19-5-7-21-46(44)54(47-22-8-6-20-45(47)53)40-17-11-16-39(32-40)42-24-12-25-48-43-18-9-10-27-52(43)58-56(42)48/h3-34H,1-2H3. The molecule has 0 radical (unpaired) electrons. The van der Waals surface area contributed by atoms with Crippen molar-refractivity contribution in [2.75, 3.05) is 0 Å². The zero-order chi connectivity index (χ0) is 38.5. The molecule has 12 rings (SSSR count). The van der Waals surface area contributed by atoms with E-state index in [1.165, 1.54) is 88.0 Å². The molecule has 0 spiro atoms. The quantitative estimate of drug-likeness (QED) is 0.164. The van der Waals surface area contributed by atoms with Gasteiger partial charge in [-0.05, 0) is 118 Å². The van der Waals surface area contributed by atoms with E-state index in [-0.39, 0.29) is 5.41 Å². The number of para-hydroxylation sites is 2. The Hall–Kier alpha value is -7.22. The van der Waals surface area contributed by atoms with Crippen LogP contribution in [0.4, 0.5) is 0 Å². The van der Waals surface area contributed by atoms with Crippen LogP contribution < -0.4 is 0 Å². The fraction of sp³-hybridized carbons (Fsp3) is 0.0526. The summed E-state index contributed by atoms with van der Waals surface area (Å²) in [6.07, 6.45) is 0. The zero-order valence-electron chi connectivity index (χ0n) is 32.4. The van der Waals surface area contributed by atoms with E-state index in [1.54, 1.807) is 0 Å². The maximum absolute atomic E-state index is 6.49. The van der Waals surface area contributed by atoms with Crippen LogP contribution in [0.1, 0.15) is 25.0 Å². The van der Waals surface area contributed by atoms with Crippen LogP contribution in [0, 0.1) is 0 Å². The van der Waals surface area contributed by atoms with Crippen LogP contribution in [0.2, 0.25) is 0 Å². The first-order valence-corrected chi connectivity index (χ1v) is 20.3. The highest BCUT2D eigenvalue weighted by Crippen LogP contribution is 2.53. The molecule has 1 heterocycles. The molecule has 1 aliphatic carbocycles. The van der Waals surface area contributed by atoms with Crippen LogP contribution in [-0.2, 0) is 5.41 Å². The minimum absolute atomic E-state index is 0.0789. The number of rotatable bonds is 4. The number of benzene rings is 10. The normalized spacial score (nSPS) is 13.1. The van der Waals surface area contributed by atoms with Gasteiger partial charge < -0.3 is 4.42 Å². The molecule has 0 aliphatic heterocycles. The Morgan fingerprint density at radius 2 is 0.862 bits per heavy atom. The molecule has 0 saturated carbocycles. The second-order valence-corrected chi connectivity index (χ2v) is 16.4. The van der Waals surface area contributed by atoms with E-state index in [0.29, 0.717) is 0 Å². The van der Waals surface area contributed by atoms with Crippen molar-refractivity contribution in [2.45, 2.75) is 19.3 Å². The third-order valence-electron chi connectivity index (χ3n) is 12.8. The molecule has 0 saturated heterocycles. The molecule has 0 N–H and O–H groups in total. The van der Waals surface area contributed by atoms with Gasteiger partial charge in [0.05, 0.1) is 0 Å². The van der Waals surface area contributed by atoms with Crippen molar-refractivity contribution in [1.82, 2.24) is 0 Å². The minimum atomic E-state index is -0.0789. The average molecular weight is 739 g/mol. The second kappa shape index (κ2) is 12.4. The molecule has 1 heteroatoms. The zero-order valence-corrected chi connectivity index (χ0v) is 32.4. The van der Waals surface area contributed by atoms with Gasteiger partial charge in [-0.1, -0.05) is 184 Å². The van der Waals surface area contributed by atoms with Crippen molar-refractivity contribution >= 4 is 54.3 Å². The maximum Gasteiger partial charge on any atom is 0.143 e. The number of hydrogen-bond acceptors (Lipinski definition) is 1. The van der Waals surface area contributed by atoms with Gasteiger partial charge in [0, 0.05) is 21.8 Å². The number of hydrogen-bond donors (Lipinski definition) is 0. The Kier molecular flexibility index (Phi) is 7.04. The molecular weight excluding hydrogens is 701 g/mol. The molecule has 0 bridgehead atoms. The average Bonchev–Trinajstić information content (AvgIpc) is 3.76. The summed E-state index contributed by atoms with van der Waals surface area (Å²) in [4.78, 5) is 0. The van der Waals surface area contributed by atoms with Gasteiger partial charge in [-0.3, -0.25) is 0 Å². The summed E-state index contributed by atoms with van der Waals surface area (Å²) < 4.78 is 6.49. The predicted octanol–water partition coefficient (Wildman–Crippen LogP) is 16.0. The molecule has 272 valence electrons. The van der Waals surface area contributed by atoms with Gasteiger partial charge in [-0.15, -0.1) is 0 Å². The maximum atomic E-state index is 6.49. The van der Waals surface area contributed by atoms with Gasteiger partial charge in [-0.25, -0.2) is 0 Å². The van der Waals surface area contributed by atoms with Crippen molar-refractivity contribution in [3.63, 3.8) is 0 Å². The van der Waals surface area contributed by atoms with Crippen molar-refractivity contribution in [3.05, 3.63) is 205 Å². The third-order valence-corrected chi connectivity index (χ3v) is 12.8. The Morgan fingerprint density at radius 3 is 1.59 bits per heavy atom. The van der Waals surface area contributed by atoms with E-state index in [1.807, 2.05) is 6.07 Å². The smallest absolute Gasteiger partial charge is 0.143 e. The lowest BCUT2D eigenvalue weighted by atomic mass is 9.81. The Balaban J connectivity index is 1.01. The summed E-state index contributed by atoms with van der Waals surface area (Å²) >= 11 is 0. The Labute approximate surface area is 337 Å². The molecule has 1 nitrogen and oxygen atoms in total. The van der Waals surface area contributed by atoms with Gasteiger partial charge in [0.15, 0.2) is 0 Å².